The molecule has 3 aromatic carbocycles. The summed E-state index contributed by atoms with van der Waals surface area (Å²) in [6, 6.07) is 21.0. The molecule has 7 aliphatic carbocycles. The Bertz CT molecular complexity index is 1960. The Morgan fingerprint density at radius 2 is 1.16 bits per heavy atom. The molecule has 9 heteroatoms. The van der Waals surface area contributed by atoms with Crippen molar-refractivity contribution >= 4 is 71.1 Å². The number of hydrogen-bond donors (Lipinski definition) is 0. The van der Waals surface area contributed by atoms with Crippen molar-refractivity contribution in [2.45, 2.75) is 144 Å². The quantitative estimate of drug-likeness (QED) is 0.139. The fourth-order valence-electron chi connectivity index (χ4n) is 15.9. The first-order valence-electron chi connectivity index (χ1n) is 22.8. The van der Waals surface area contributed by atoms with Gasteiger partial charge in [0.2, 0.25) is 0 Å². The van der Waals surface area contributed by atoms with Gasteiger partial charge in [0.05, 0.1) is 16.1 Å². The van der Waals surface area contributed by atoms with Crippen LogP contribution in [0.1, 0.15) is 118 Å². The topological polar surface area (TPSA) is 0 Å². The fraction of sp³-hybridized carbons (Fsp3) is 0.577. The second-order valence-electron chi connectivity index (χ2n) is 20.9. The van der Waals surface area contributed by atoms with E-state index in [4.69, 9.17) is 17.0 Å². The fourth-order valence-corrected chi connectivity index (χ4v) is 28.8. The van der Waals surface area contributed by atoms with Crippen molar-refractivity contribution in [1.29, 1.82) is 0 Å². The van der Waals surface area contributed by atoms with Crippen LogP contribution in [-0.2, 0) is 20.8 Å². The standard InChI is InChI=1S/C25H42BrFSi.C25H22BrFSi.2CH3.2ClH.Zr/c2*1-15-12-21-22(13-16(27)14-23(21)26)24(15)28(2,3)25-19-10-6-4-8-17(19)18-9-5-7-11-20(18)25;;;;;/h15-25H,4-14H2,1-3H3;4-14,24-25H,1-3H3;2*1H3;2*1H;/q;;2*-1;;;+4/p-2. The van der Waals surface area contributed by atoms with Gasteiger partial charge in [-0.25, -0.2) is 8.78 Å². The molecule has 61 heavy (non-hydrogen) atoms. The van der Waals surface area contributed by atoms with Crippen molar-refractivity contribution in [3.05, 3.63) is 114 Å². The number of alkyl halides is 2. The number of allylic oxidation sites excluding steroid dienone is 1. The molecular weight excluding hydrogens is 1040 g/mol. The van der Waals surface area contributed by atoms with Gasteiger partial charge in [0, 0.05) is 20.4 Å². The number of hydrogen-bond acceptors (Lipinski definition) is 0. The summed E-state index contributed by atoms with van der Waals surface area (Å²) in [4.78, 5) is 0.437. The van der Waals surface area contributed by atoms with Gasteiger partial charge >= 0.3 is 37.9 Å². The van der Waals surface area contributed by atoms with Crippen LogP contribution in [0.4, 0.5) is 8.78 Å². The third-order valence-corrected chi connectivity index (χ3v) is 28.6. The Morgan fingerprint density at radius 3 is 1.70 bits per heavy atom. The third kappa shape index (κ3) is 9.26. The summed E-state index contributed by atoms with van der Waals surface area (Å²) in [7, 11) is 6.44. The summed E-state index contributed by atoms with van der Waals surface area (Å²) in [6.07, 6.45) is 16.8. The molecule has 5 fully saturated rings. The Hall–Kier alpha value is 0.117. The Labute approximate surface area is 406 Å². The summed E-state index contributed by atoms with van der Waals surface area (Å²) in [6.45, 7) is 15.3. The van der Waals surface area contributed by atoms with Crippen LogP contribution in [0.15, 0.2) is 70.7 Å². The van der Waals surface area contributed by atoms with E-state index < -0.39 is 43.2 Å². The van der Waals surface area contributed by atoms with Gasteiger partial charge in [-0.2, -0.15) is 0 Å². The predicted molar refractivity (Wildman–Crippen MR) is 270 cm³/mol. The molecule has 0 spiro atoms. The van der Waals surface area contributed by atoms with Crippen molar-refractivity contribution in [2.24, 2.45) is 41.4 Å². The SMILES string of the molecule is CC1=Cc2c(Br)cc(F)cc2C1[Si](C)(C)C1c2ccccc2-c2ccccc21.CC1CC2C(Br)CC(F)CC2C1[Si](C)(C)C1C2CCCCC2C2CCCCC21.[CH3-].[CH3-].[Cl][Zr+2][Cl]. The van der Waals surface area contributed by atoms with Crippen LogP contribution in [-0.4, -0.2) is 27.1 Å². The Kier molecular flexibility index (Phi) is 17.0. The minimum atomic E-state index is -1.96. The molecule has 0 radical (unpaired) electrons. The first-order chi connectivity index (χ1) is 28.2. The van der Waals surface area contributed by atoms with Gasteiger partial charge in [-0.05, 0) is 137 Å². The average Bonchev–Trinajstić information content (AvgIpc) is 3.93. The summed E-state index contributed by atoms with van der Waals surface area (Å²) in [5.74, 6) is 6.31. The van der Waals surface area contributed by atoms with Crippen LogP contribution in [0.5, 0.6) is 0 Å². The van der Waals surface area contributed by atoms with E-state index in [-0.39, 0.29) is 20.7 Å². The number of rotatable bonds is 4. The molecule has 0 aromatic heterocycles. The average molecular weight is 1110 g/mol. The Balaban J connectivity index is 0.000000186. The second kappa shape index (κ2) is 20.5. The zero-order valence-corrected chi connectivity index (χ0v) is 47.0. The number of fused-ring (bicyclic) bond motifs is 8. The van der Waals surface area contributed by atoms with E-state index in [1.54, 1.807) is 12.1 Å². The molecule has 7 aliphatic rings. The molecule has 11 unspecified atom stereocenters. The van der Waals surface area contributed by atoms with Crippen molar-refractivity contribution in [2.75, 3.05) is 0 Å². The van der Waals surface area contributed by atoms with E-state index in [0.717, 1.165) is 75.0 Å². The minimum absolute atomic E-state index is 0. The van der Waals surface area contributed by atoms with Gasteiger partial charge in [-0.1, -0.05) is 164 Å². The van der Waals surface area contributed by atoms with Gasteiger partial charge < -0.3 is 14.9 Å². The van der Waals surface area contributed by atoms with Crippen LogP contribution in [0.2, 0.25) is 37.3 Å². The first-order valence-corrected chi connectivity index (χ1v) is 37.1. The molecule has 11 atom stereocenters. The van der Waals surface area contributed by atoms with Crippen molar-refractivity contribution < 1.29 is 29.6 Å². The molecular formula is C52H70Br2Cl2F2Si2Zr. The molecule has 0 nitrogen and oxygen atoms in total. The number of halogens is 6. The molecule has 0 bridgehead atoms. The van der Waals surface area contributed by atoms with E-state index in [0.29, 0.717) is 21.8 Å². The molecule has 3 aromatic rings. The van der Waals surface area contributed by atoms with Gasteiger partial charge in [0.15, 0.2) is 0 Å². The summed E-state index contributed by atoms with van der Waals surface area (Å²) in [5, 5.41) is 0. The molecule has 332 valence electrons. The van der Waals surface area contributed by atoms with E-state index in [1.807, 2.05) is 0 Å². The monoisotopic (exact) mass is 1110 g/mol. The van der Waals surface area contributed by atoms with Crippen molar-refractivity contribution in [3.63, 3.8) is 0 Å². The van der Waals surface area contributed by atoms with Crippen molar-refractivity contribution in [3.8, 4) is 11.1 Å². The first kappa shape index (κ1) is 50.5. The van der Waals surface area contributed by atoms with Crippen LogP contribution in [0.25, 0.3) is 17.2 Å². The maximum atomic E-state index is 14.7. The molecule has 0 N–H and O–H groups in total. The molecule has 0 saturated heterocycles. The molecule has 10 rings (SSSR count). The third-order valence-electron chi connectivity index (χ3n) is 17.3. The predicted octanol–water partition coefficient (Wildman–Crippen LogP) is 18.2. The second-order valence-corrected chi connectivity index (χ2v) is 36.5. The van der Waals surface area contributed by atoms with Crippen LogP contribution < -0.4 is 0 Å². The van der Waals surface area contributed by atoms with E-state index in [1.165, 1.54) is 85.6 Å². The van der Waals surface area contributed by atoms with Gasteiger partial charge in [-0.3, -0.25) is 0 Å². The van der Waals surface area contributed by atoms with E-state index >= 15 is 0 Å². The normalized spacial score (nSPS) is 33.2. The van der Waals surface area contributed by atoms with E-state index in [9.17, 15) is 8.78 Å². The summed E-state index contributed by atoms with van der Waals surface area (Å²) < 4.78 is 29.9. The zero-order valence-electron chi connectivity index (χ0n) is 37.9. The van der Waals surface area contributed by atoms with Crippen LogP contribution in [0, 0.1) is 62.1 Å². The molecule has 0 amide bonds. The molecule has 5 saturated carbocycles. The molecule has 0 heterocycles. The Morgan fingerprint density at radius 1 is 0.656 bits per heavy atom. The van der Waals surface area contributed by atoms with Gasteiger partial charge in [0.1, 0.15) is 12.0 Å². The van der Waals surface area contributed by atoms with Crippen molar-refractivity contribution in [1.82, 2.24) is 0 Å². The van der Waals surface area contributed by atoms with Gasteiger partial charge in [0.25, 0.3) is 0 Å². The number of benzene rings is 3. The van der Waals surface area contributed by atoms with Crippen LogP contribution in [0.3, 0.4) is 0 Å². The zero-order chi connectivity index (χ0) is 42.0. The summed E-state index contributed by atoms with van der Waals surface area (Å²) >= 11 is 6.69. The van der Waals surface area contributed by atoms with Crippen LogP contribution >= 0.6 is 48.9 Å². The van der Waals surface area contributed by atoms with Gasteiger partial charge in [-0.15, -0.1) is 0 Å². The summed E-state index contributed by atoms with van der Waals surface area (Å²) in [5.41, 5.74) is 11.9. The van der Waals surface area contributed by atoms with E-state index in [2.05, 4.69) is 127 Å². The molecule has 0 aliphatic heterocycles. The maximum absolute atomic E-state index is 14.7.